The zero-order valence-corrected chi connectivity index (χ0v) is 24.9. The number of fused-ring (bicyclic) bond motifs is 1. The van der Waals surface area contributed by atoms with Crippen molar-refractivity contribution in [1.82, 2.24) is 9.80 Å². The summed E-state index contributed by atoms with van der Waals surface area (Å²) < 4.78 is 11.8. The van der Waals surface area contributed by atoms with Crippen LogP contribution in [0, 0.1) is 5.92 Å². The summed E-state index contributed by atoms with van der Waals surface area (Å²) in [6.07, 6.45) is 6.07. The van der Waals surface area contributed by atoms with Crippen LogP contribution in [0.3, 0.4) is 0 Å². The predicted octanol–water partition coefficient (Wildman–Crippen LogP) is 7.11. The Morgan fingerprint density at radius 3 is 2.20 bits per heavy atom. The monoisotopic (exact) mass is 540 g/mol. The first-order valence-corrected chi connectivity index (χ1v) is 15.4. The van der Waals surface area contributed by atoms with E-state index in [2.05, 4.69) is 103 Å². The summed E-state index contributed by atoms with van der Waals surface area (Å²) in [6, 6.07) is 29.1. The van der Waals surface area contributed by atoms with E-state index >= 15 is 0 Å². The highest BCUT2D eigenvalue weighted by molar-refractivity contribution is 5.41. The van der Waals surface area contributed by atoms with Crippen molar-refractivity contribution in [3.8, 4) is 5.75 Å². The normalized spacial score (nSPS) is 21.6. The Kier molecular flexibility index (Phi) is 9.96. The maximum atomic E-state index is 6.03. The van der Waals surface area contributed by atoms with Crippen LogP contribution in [-0.2, 0) is 29.7 Å². The summed E-state index contributed by atoms with van der Waals surface area (Å²) in [5.41, 5.74) is 5.74. The van der Waals surface area contributed by atoms with Crippen LogP contribution in [0.25, 0.3) is 0 Å². The van der Waals surface area contributed by atoms with E-state index in [0.29, 0.717) is 6.04 Å². The van der Waals surface area contributed by atoms with Gasteiger partial charge in [-0.2, -0.15) is 0 Å². The van der Waals surface area contributed by atoms with Gasteiger partial charge in [0.05, 0.1) is 13.7 Å². The zero-order chi connectivity index (χ0) is 27.8. The van der Waals surface area contributed by atoms with Crippen LogP contribution in [0.15, 0.2) is 78.9 Å². The molecule has 1 aliphatic carbocycles. The Morgan fingerprint density at radius 1 is 0.925 bits per heavy atom. The van der Waals surface area contributed by atoms with Crippen molar-refractivity contribution in [2.75, 3.05) is 40.0 Å². The third-order valence-corrected chi connectivity index (χ3v) is 9.07. The molecule has 3 aromatic carbocycles. The largest absolute Gasteiger partial charge is 0.497 e. The minimum atomic E-state index is 0.0634. The van der Waals surface area contributed by atoms with E-state index in [0.717, 1.165) is 70.3 Å². The Morgan fingerprint density at radius 2 is 1.60 bits per heavy atom. The molecule has 2 aliphatic rings. The van der Waals surface area contributed by atoms with Crippen LogP contribution in [0.4, 0.5) is 0 Å². The van der Waals surface area contributed by atoms with E-state index in [9.17, 15) is 0 Å². The maximum absolute atomic E-state index is 6.03. The van der Waals surface area contributed by atoms with Gasteiger partial charge in [0.15, 0.2) is 0 Å². The molecule has 1 heterocycles. The number of benzene rings is 3. The summed E-state index contributed by atoms with van der Waals surface area (Å²) in [6.45, 7) is 11.5. The lowest BCUT2D eigenvalue weighted by Crippen LogP contribution is -2.46. The van der Waals surface area contributed by atoms with E-state index < -0.39 is 0 Å². The van der Waals surface area contributed by atoms with Crippen molar-refractivity contribution >= 4 is 0 Å². The standard InChI is InChI=1S/C36H48N2O2/c1-4-40-28-33-23-32-17-18-34(39-3)24-35(32)36(2,20-22-38(33)27-31-15-16-31)19-21-37(25-29-11-7-5-8-12-29)26-30-13-9-6-10-14-30/h5-14,17-18,24,31,33H,4,15-16,19-23,25-28H2,1-3H3. The summed E-state index contributed by atoms with van der Waals surface area (Å²) in [7, 11) is 1.79. The number of nitrogens with zero attached hydrogens (tertiary/aromatic N) is 2. The molecule has 4 heteroatoms. The maximum Gasteiger partial charge on any atom is 0.119 e. The molecule has 214 valence electrons. The van der Waals surface area contributed by atoms with E-state index in [-0.39, 0.29) is 5.41 Å². The second kappa shape index (κ2) is 13.8. The SMILES string of the molecule is CCOCC1Cc2ccc(OC)cc2C(C)(CCN(Cc2ccccc2)Cc2ccccc2)CCN1CC1CC1. The van der Waals surface area contributed by atoms with E-state index in [1.54, 1.807) is 7.11 Å². The fourth-order valence-corrected chi connectivity index (χ4v) is 6.37. The Labute approximate surface area is 242 Å². The van der Waals surface area contributed by atoms with Crippen LogP contribution >= 0.6 is 0 Å². The van der Waals surface area contributed by atoms with Gasteiger partial charge in [0.25, 0.3) is 0 Å². The molecule has 0 bridgehead atoms. The predicted molar refractivity (Wildman–Crippen MR) is 165 cm³/mol. The quantitative estimate of drug-likeness (QED) is 0.231. The molecule has 0 aromatic heterocycles. The van der Waals surface area contributed by atoms with Crippen LogP contribution in [-0.4, -0.2) is 55.8 Å². The fraction of sp³-hybridized carbons (Fsp3) is 0.500. The van der Waals surface area contributed by atoms with E-state index in [1.165, 1.54) is 41.6 Å². The Bertz CT molecular complexity index is 1140. The summed E-state index contributed by atoms with van der Waals surface area (Å²) in [5, 5.41) is 0. The van der Waals surface area contributed by atoms with Gasteiger partial charge in [-0.25, -0.2) is 0 Å². The Hall–Kier alpha value is -2.66. The van der Waals surface area contributed by atoms with Gasteiger partial charge in [-0.15, -0.1) is 0 Å². The zero-order valence-electron chi connectivity index (χ0n) is 24.9. The molecule has 0 spiro atoms. The topological polar surface area (TPSA) is 24.9 Å². The van der Waals surface area contributed by atoms with Gasteiger partial charge < -0.3 is 9.47 Å². The molecule has 0 saturated heterocycles. The lowest BCUT2D eigenvalue weighted by Gasteiger charge is -2.42. The number of ether oxygens (including phenoxy) is 2. The molecule has 2 atom stereocenters. The highest BCUT2D eigenvalue weighted by Gasteiger charge is 2.36. The average Bonchev–Trinajstić information content (AvgIpc) is 3.81. The smallest absolute Gasteiger partial charge is 0.119 e. The van der Waals surface area contributed by atoms with Gasteiger partial charge in [0.1, 0.15) is 5.75 Å². The minimum Gasteiger partial charge on any atom is -0.497 e. The van der Waals surface area contributed by atoms with E-state index in [1.807, 2.05) is 0 Å². The average molecular weight is 541 g/mol. The number of methoxy groups -OCH3 is 1. The highest BCUT2D eigenvalue weighted by atomic mass is 16.5. The van der Waals surface area contributed by atoms with Crippen molar-refractivity contribution < 1.29 is 9.47 Å². The highest BCUT2D eigenvalue weighted by Crippen LogP contribution is 2.40. The second-order valence-corrected chi connectivity index (χ2v) is 12.2. The third kappa shape index (κ3) is 7.75. The summed E-state index contributed by atoms with van der Waals surface area (Å²) >= 11 is 0. The number of rotatable bonds is 13. The van der Waals surface area contributed by atoms with Crippen LogP contribution in [0.5, 0.6) is 5.75 Å². The molecule has 2 unspecified atom stereocenters. The van der Waals surface area contributed by atoms with Gasteiger partial charge in [-0.05, 0) is 97.8 Å². The molecule has 0 amide bonds. The molecular formula is C36H48N2O2. The summed E-state index contributed by atoms with van der Waals surface area (Å²) in [5.74, 6) is 1.84. The van der Waals surface area contributed by atoms with Gasteiger partial charge in [-0.1, -0.05) is 73.7 Å². The fourth-order valence-electron chi connectivity index (χ4n) is 6.37. The van der Waals surface area contributed by atoms with Crippen LogP contribution < -0.4 is 4.74 Å². The molecule has 5 rings (SSSR count). The number of hydrogen-bond acceptors (Lipinski definition) is 4. The summed E-state index contributed by atoms with van der Waals surface area (Å²) in [4.78, 5) is 5.40. The first kappa shape index (κ1) is 28.9. The molecular weight excluding hydrogens is 492 g/mol. The lowest BCUT2D eigenvalue weighted by molar-refractivity contribution is 0.0551. The van der Waals surface area contributed by atoms with Crippen molar-refractivity contribution in [1.29, 1.82) is 0 Å². The van der Waals surface area contributed by atoms with Crippen molar-refractivity contribution in [3.63, 3.8) is 0 Å². The third-order valence-electron chi connectivity index (χ3n) is 9.07. The number of hydrogen-bond donors (Lipinski definition) is 0. The Balaban J connectivity index is 1.41. The van der Waals surface area contributed by atoms with Crippen LogP contribution in [0.1, 0.15) is 61.8 Å². The van der Waals surface area contributed by atoms with Gasteiger partial charge in [-0.3, -0.25) is 9.80 Å². The molecule has 1 aliphatic heterocycles. The van der Waals surface area contributed by atoms with Crippen molar-refractivity contribution in [2.24, 2.45) is 5.92 Å². The molecule has 1 saturated carbocycles. The van der Waals surface area contributed by atoms with Crippen molar-refractivity contribution in [2.45, 2.75) is 70.5 Å². The molecule has 0 radical (unpaired) electrons. The van der Waals surface area contributed by atoms with Gasteiger partial charge >= 0.3 is 0 Å². The molecule has 1 fully saturated rings. The second-order valence-electron chi connectivity index (χ2n) is 12.2. The van der Waals surface area contributed by atoms with E-state index in [4.69, 9.17) is 9.47 Å². The molecule has 4 nitrogen and oxygen atoms in total. The minimum absolute atomic E-state index is 0.0634. The van der Waals surface area contributed by atoms with Crippen LogP contribution in [0.2, 0.25) is 0 Å². The molecule has 3 aromatic rings. The molecule has 0 N–H and O–H groups in total. The lowest BCUT2D eigenvalue weighted by atomic mass is 9.72. The van der Waals surface area contributed by atoms with Gasteiger partial charge in [0, 0.05) is 32.3 Å². The van der Waals surface area contributed by atoms with Crippen molar-refractivity contribution in [3.05, 3.63) is 101 Å². The first-order chi connectivity index (χ1) is 19.6. The van der Waals surface area contributed by atoms with Gasteiger partial charge in [0.2, 0.25) is 0 Å². The first-order valence-electron chi connectivity index (χ1n) is 15.4. The molecule has 40 heavy (non-hydrogen) atoms.